The molecular formula is C36H50F9NOS. The summed E-state index contributed by atoms with van der Waals surface area (Å²) in [5, 5.41) is 10.2. The van der Waals surface area contributed by atoms with E-state index >= 15 is 0 Å². The Morgan fingerprint density at radius 1 is 0.833 bits per heavy atom. The van der Waals surface area contributed by atoms with E-state index < -0.39 is 36.8 Å². The van der Waals surface area contributed by atoms with Crippen LogP contribution in [0, 0.1) is 28.6 Å². The third-order valence-corrected chi connectivity index (χ3v) is 13.9. The number of benzene rings is 1. The van der Waals surface area contributed by atoms with Gasteiger partial charge in [-0.2, -0.15) is 51.3 Å². The van der Waals surface area contributed by atoms with E-state index in [0.717, 1.165) is 44.7 Å². The lowest BCUT2D eigenvalue weighted by atomic mass is 9.50. The van der Waals surface area contributed by atoms with Crippen LogP contribution in [0.25, 0.3) is 0 Å². The van der Waals surface area contributed by atoms with Crippen LogP contribution in [-0.2, 0) is 6.42 Å². The Morgan fingerprint density at radius 3 is 2.21 bits per heavy atom. The third-order valence-electron chi connectivity index (χ3n) is 12.7. The van der Waals surface area contributed by atoms with E-state index in [2.05, 4.69) is 17.9 Å². The molecule has 3 saturated carbocycles. The van der Waals surface area contributed by atoms with Crippen LogP contribution in [0.15, 0.2) is 18.2 Å². The number of rotatable bonds is 16. The Kier molecular flexibility index (Phi) is 11.1. The minimum absolute atomic E-state index is 0.0406. The van der Waals surface area contributed by atoms with Crippen LogP contribution in [0.3, 0.4) is 0 Å². The number of phenolic OH excluding ortho intramolecular Hbond substituents is 1. The summed E-state index contributed by atoms with van der Waals surface area (Å²) >= 11 is 1.19. The van der Waals surface area contributed by atoms with Gasteiger partial charge in [-0.3, -0.25) is 0 Å². The molecule has 0 saturated heterocycles. The summed E-state index contributed by atoms with van der Waals surface area (Å²) in [6, 6.07) is 6.03. The number of unbranched alkanes of at least 4 members (excludes halogenated alkanes) is 2. The van der Waals surface area contributed by atoms with E-state index in [-0.39, 0.29) is 5.75 Å². The normalized spacial score (nSPS) is 28.4. The van der Waals surface area contributed by atoms with Crippen LogP contribution in [-0.4, -0.2) is 65.6 Å². The molecule has 3 unspecified atom stereocenters. The fourth-order valence-corrected chi connectivity index (χ4v) is 10.7. The fraction of sp³-hybridized carbons (Fsp3) is 0.833. The number of fused-ring (bicyclic) bond motifs is 6. The minimum Gasteiger partial charge on any atom is -0.508 e. The molecule has 0 bridgehead atoms. The highest BCUT2D eigenvalue weighted by Crippen LogP contribution is 2.76. The number of thioether (sulfide) groups is 1. The van der Waals surface area contributed by atoms with Crippen molar-refractivity contribution >= 4 is 11.8 Å². The van der Waals surface area contributed by atoms with E-state index in [4.69, 9.17) is 0 Å². The summed E-state index contributed by atoms with van der Waals surface area (Å²) in [4.78, 5) is 2.18. The maximum atomic E-state index is 13.7. The van der Waals surface area contributed by atoms with E-state index in [0.29, 0.717) is 46.5 Å². The Morgan fingerprint density at radius 2 is 1.52 bits per heavy atom. The monoisotopic (exact) mass is 715 g/mol. The minimum atomic E-state index is -6.82. The predicted octanol–water partition coefficient (Wildman–Crippen LogP) is 11.1. The maximum Gasteiger partial charge on any atom is 0.460 e. The summed E-state index contributed by atoms with van der Waals surface area (Å²) in [5.41, 5.74) is 3.86. The Labute approximate surface area is 283 Å². The van der Waals surface area contributed by atoms with Crippen molar-refractivity contribution < 1.29 is 44.6 Å². The second kappa shape index (κ2) is 14.0. The number of nitrogens with zero attached hydrogens (tertiary/aromatic N) is 1. The second-order valence-electron chi connectivity index (χ2n) is 15.5. The Hall–Kier alpha value is -1.30. The molecule has 0 aromatic heterocycles. The molecule has 3 fully saturated rings. The van der Waals surface area contributed by atoms with Crippen LogP contribution in [0.1, 0.15) is 107 Å². The second-order valence-corrected chi connectivity index (χ2v) is 16.7. The smallest absolute Gasteiger partial charge is 0.460 e. The van der Waals surface area contributed by atoms with Gasteiger partial charge in [-0.05, 0) is 160 Å². The van der Waals surface area contributed by atoms with E-state index in [1.54, 1.807) is 0 Å². The summed E-state index contributed by atoms with van der Waals surface area (Å²) < 4.78 is 117. The molecule has 274 valence electrons. The van der Waals surface area contributed by atoms with E-state index in [1.165, 1.54) is 67.8 Å². The van der Waals surface area contributed by atoms with Crippen molar-refractivity contribution in [2.24, 2.45) is 28.6 Å². The van der Waals surface area contributed by atoms with Gasteiger partial charge in [0.1, 0.15) is 5.75 Å². The topological polar surface area (TPSA) is 23.5 Å². The lowest BCUT2D eigenvalue weighted by Crippen LogP contribution is -2.60. The summed E-state index contributed by atoms with van der Waals surface area (Å²) in [6.45, 7) is 4.24. The van der Waals surface area contributed by atoms with Crippen molar-refractivity contribution in [2.45, 2.75) is 127 Å². The highest BCUT2D eigenvalue weighted by molar-refractivity contribution is 7.99. The van der Waals surface area contributed by atoms with Crippen molar-refractivity contribution in [3.63, 3.8) is 0 Å². The van der Waals surface area contributed by atoms with Gasteiger partial charge in [-0.25, -0.2) is 0 Å². The van der Waals surface area contributed by atoms with E-state index in [1.807, 2.05) is 19.2 Å². The quantitative estimate of drug-likeness (QED) is 0.136. The Bertz CT molecular complexity index is 1250. The van der Waals surface area contributed by atoms with Crippen molar-refractivity contribution in [3.05, 3.63) is 29.3 Å². The lowest BCUT2D eigenvalue weighted by molar-refractivity contribution is -0.396. The van der Waals surface area contributed by atoms with Crippen LogP contribution in [0.2, 0.25) is 0 Å². The first kappa shape index (κ1) is 37.9. The molecule has 1 N–H and O–H groups in total. The third kappa shape index (κ3) is 7.09. The Balaban J connectivity index is 0.997. The molecule has 48 heavy (non-hydrogen) atoms. The molecular weight excluding hydrogens is 665 g/mol. The van der Waals surface area contributed by atoms with Crippen LogP contribution in [0.5, 0.6) is 5.75 Å². The van der Waals surface area contributed by atoms with E-state index in [9.17, 15) is 44.6 Å². The first-order valence-electron chi connectivity index (χ1n) is 17.7. The molecule has 2 nitrogen and oxygen atoms in total. The molecule has 0 heterocycles. The van der Waals surface area contributed by atoms with Crippen LogP contribution in [0.4, 0.5) is 39.5 Å². The molecule has 0 amide bonds. The molecule has 5 rings (SSSR count). The van der Waals surface area contributed by atoms with Crippen molar-refractivity contribution in [3.8, 4) is 5.75 Å². The molecule has 1 spiro atoms. The highest BCUT2D eigenvalue weighted by atomic mass is 32.2. The highest BCUT2D eigenvalue weighted by Gasteiger charge is 2.81. The van der Waals surface area contributed by atoms with Gasteiger partial charge in [0, 0.05) is 6.42 Å². The zero-order valence-electron chi connectivity index (χ0n) is 28.0. The van der Waals surface area contributed by atoms with Gasteiger partial charge in [0.2, 0.25) is 0 Å². The first-order valence-corrected chi connectivity index (χ1v) is 18.8. The molecule has 4 aliphatic rings. The van der Waals surface area contributed by atoms with Crippen molar-refractivity contribution in [2.75, 3.05) is 31.6 Å². The molecule has 12 heteroatoms. The lowest BCUT2D eigenvalue weighted by Gasteiger charge is -2.54. The summed E-state index contributed by atoms with van der Waals surface area (Å²) in [6.07, 6.45) is 5.22. The number of hydrogen-bond acceptors (Lipinski definition) is 3. The molecule has 1 aromatic carbocycles. The van der Waals surface area contributed by atoms with Gasteiger partial charge in [-0.15, -0.1) is 0 Å². The average Bonchev–Trinajstić information content (AvgIpc) is 3.74. The van der Waals surface area contributed by atoms with Crippen molar-refractivity contribution in [1.29, 1.82) is 0 Å². The van der Waals surface area contributed by atoms with Gasteiger partial charge < -0.3 is 10.0 Å². The van der Waals surface area contributed by atoms with Gasteiger partial charge in [0.25, 0.3) is 0 Å². The fourth-order valence-electron chi connectivity index (χ4n) is 9.84. The molecule has 0 aliphatic heterocycles. The average molecular weight is 716 g/mol. The summed E-state index contributed by atoms with van der Waals surface area (Å²) in [7, 11) is 2.00. The number of aromatic hydroxyl groups is 1. The molecule has 1 aromatic rings. The SMILES string of the molecule is CN(CCCCC[C@@H]1Cc2cc(O)ccc2C2CC[C@@]3(C)C(CCC34CC4)C21)CCCSCCCC(F)(F)C(F)(F)C(F)(F)C(F)(F)F. The number of halogens is 9. The zero-order valence-corrected chi connectivity index (χ0v) is 28.8. The summed E-state index contributed by atoms with van der Waals surface area (Å²) in [5.74, 6) is -15.3. The largest absolute Gasteiger partial charge is 0.508 e. The standard InChI is InChI=1S/C36H50F9NOS/c1-31-14-11-28-27-10-9-26(47)23-25(27)22-24(30(28)29(31)12-15-32(31)16-17-32)8-4-3-5-18-46(2)19-7-21-48-20-6-13-33(37,38)34(39,40)35(41,42)36(43,44)45/h9-10,23-24,28-30,47H,3-8,11-22H2,1-2H3/t24-,28?,29?,30?,31+/m1/s1. The van der Waals surface area contributed by atoms with Crippen LogP contribution >= 0.6 is 11.8 Å². The van der Waals surface area contributed by atoms with Gasteiger partial charge in [0.05, 0.1) is 0 Å². The molecule has 0 radical (unpaired) electrons. The van der Waals surface area contributed by atoms with Crippen molar-refractivity contribution in [1.82, 2.24) is 4.90 Å². The van der Waals surface area contributed by atoms with Gasteiger partial charge in [-0.1, -0.05) is 25.8 Å². The van der Waals surface area contributed by atoms with Gasteiger partial charge in [0.15, 0.2) is 0 Å². The zero-order chi connectivity index (χ0) is 35.2. The maximum absolute atomic E-state index is 13.7. The number of alkyl halides is 9. The number of phenols is 1. The molecule has 5 atom stereocenters. The molecule has 4 aliphatic carbocycles. The predicted molar refractivity (Wildman–Crippen MR) is 171 cm³/mol. The van der Waals surface area contributed by atoms with Crippen LogP contribution < -0.4 is 0 Å². The number of hydrogen-bond donors (Lipinski definition) is 1. The van der Waals surface area contributed by atoms with Gasteiger partial charge >= 0.3 is 23.9 Å². The first-order chi connectivity index (χ1) is 22.4.